The standard InChI is InChI=1S/C14H16N2O/c1-10(2)7-11-3-5-12(6-4-11)14(17)13-8-15-16-9-13/h3-6,8-10H,7H2,1-2H3,(H,15,16). The molecule has 0 aliphatic carbocycles. The Bertz CT molecular complexity index is 483. The SMILES string of the molecule is CC(C)Cc1ccc(C(=O)c2cn[nH]c2)cc1. The Morgan fingerprint density at radius 3 is 2.47 bits per heavy atom. The van der Waals surface area contributed by atoms with E-state index in [1.807, 2.05) is 24.3 Å². The second-order valence-corrected chi connectivity index (χ2v) is 4.61. The topological polar surface area (TPSA) is 45.8 Å². The highest BCUT2D eigenvalue weighted by atomic mass is 16.1. The number of rotatable bonds is 4. The van der Waals surface area contributed by atoms with E-state index in [1.165, 1.54) is 5.56 Å². The van der Waals surface area contributed by atoms with Crippen LogP contribution in [0, 0.1) is 5.92 Å². The number of benzene rings is 1. The number of H-pyrrole nitrogens is 1. The lowest BCUT2D eigenvalue weighted by atomic mass is 9.99. The Morgan fingerprint density at radius 1 is 1.24 bits per heavy atom. The van der Waals surface area contributed by atoms with E-state index in [9.17, 15) is 4.79 Å². The molecule has 0 saturated carbocycles. The number of aromatic amines is 1. The van der Waals surface area contributed by atoms with Crippen LogP contribution in [0.2, 0.25) is 0 Å². The van der Waals surface area contributed by atoms with Gasteiger partial charge in [0.25, 0.3) is 0 Å². The van der Waals surface area contributed by atoms with E-state index in [4.69, 9.17) is 0 Å². The first-order valence-electron chi connectivity index (χ1n) is 5.79. The molecular formula is C14H16N2O. The molecule has 0 amide bonds. The molecule has 0 fully saturated rings. The van der Waals surface area contributed by atoms with Crippen LogP contribution in [0.3, 0.4) is 0 Å². The van der Waals surface area contributed by atoms with Gasteiger partial charge >= 0.3 is 0 Å². The first kappa shape index (κ1) is 11.6. The molecule has 17 heavy (non-hydrogen) atoms. The summed E-state index contributed by atoms with van der Waals surface area (Å²) in [6.07, 6.45) is 4.20. The van der Waals surface area contributed by atoms with Gasteiger partial charge in [-0.2, -0.15) is 5.10 Å². The van der Waals surface area contributed by atoms with Crippen LogP contribution in [-0.4, -0.2) is 16.0 Å². The molecule has 0 aliphatic heterocycles. The fraction of sp³-hybridized carbons (Fsp3) is 0.286. The molecule has 3 heteroatoms. The van der Waals surface area contributed by atoms with Crippen LogP contribution in [0.25, 0.3) is 0 Å². The number of nitrogens with zero attached hydrogens (tertiary/aromatic N) is 1. The van der Waals surface area contributed by atoms with Gasteiger partial charge in [-0.05, 0) is 17.9 Å². The van der Waals surface area contributed by atoms with Crippen LogP contribution in [0.5, 0.6) is 0 Å². The summed E-state index contributed by atoms with van der Waals surface area (Å²) < 4.78 is 0. The summed E-state index contributed by atoms with van der Waals surface area (Å²) in [5.74, 6) is 0.639. The van der Waals surface area contributed by atoms with Crippen LogP contribution in [0.1, 0.15) is 35.3 Å². The Labute approximate surface area is 101 Å². The molecule has 88 valence electrons. The van der Waals surface area contributed by atoms with Gasteiger partial charge in [-0.25, -0.2) is 0 Å². The van der Waals surface area contributed by atoms with Gasteiger partial charge in [0, 0.05) is 11.8 Å². The summed E-state index contributed by atoms with van der Waals surface area (Å²) in [7, 11) is 0. The van der Waals surface area contributed by atoms with Crippen molar-refractivity contribution in [2.45, 2.75) is 20.3 Å². The normalized spacial score (nSPS) is 10.8. The van der Waals surface area contributed by atoms with Gasteiger partial charge < -0.3 is 0 Å². The van der Waals surface area contributed by atoms with Crippen molar-refractivity contribution in [2.24, 2.45) is 5.92 Å². The van der Waals surface area contributed by atoms with E-state index in [2.05, 4.69) is 24.0 Å². The second kappa shape index (κ2) is 4.95. The van der Waals surface area contributed by atoms with Crippen LogP contribution < -0.4 is 0 Å². The maximum Gasteiger partial charge on any atom is 0.196 e. The number of nitrogens with one attached hydrogen (secondary N) is 1. The van der Waals surface area contributed by atoms with Crippen molar-refractivity contribution in [3.05, 3.63) is 53.3 Å². The minimum Gasteiger partial charge on any atom is -0.288 e. The Morgan fingerprint density at radius 2 is 1.94 bits per heavy atom. The lowest BCUT2D eigenvalue weighted by molar-refractivity contribution is 0.103. The Kier molecular flexibility index (Phi) is 3.38. The van der Waals surface area contributed by atoms with Gasteiger partial charge in [-0.15, -0.1) is 0 Å². The molecule has 3 nitrogen and oxygen atoms in total. The molecule has 0 saturated heterocycles. The van der Waals surface area contributed by atoms with Crippen molar-refractivity contribution in [3.8, 4) is 0 Å². The Hall–Kier alpha value is -1.90. The molecule has 0 unspecified atom stereocenters. The summed E-state index contributed by atoms with van der Waals surface area (Å²) in [4.78, 5) is 12.0. The van der Waals surface area contributed by atoms with E-state index >= 15 is 0 Å². The van der Waals surface area contributed by atoms with E-state index in [1.54, 1.807) is 12.4 Å². The van der Waals surface area contributed by atoms with Gasteiger partial charge in [0.1, 0.15) is 0 Å². The quantitative estimate of drug-likeness (QED) is 0.818. The third-order valence-electron chi connectivity index (χ3n) is 2.62. The predicted molar refractivity (Wildman–Crippen MR) is 67.0 cm³/mol. The Balaban J connectivity index is 2.15. The van der Waals surface area contributed by atoms with Crippen molar-refractivity contribution < 1.29 is 4.79 Å². The highest BCUT2D eigenvalue weighted by molar-refractivity contribution is 6.08. The third kappa shape index (κ3) is 2.81. The van der Waals surface area contributed by atoms with Crippen molar-refractivity contribution >= 4 is 5.78 Å². The van der Waals surface area contributed by atoms with Crippen molar-refractivity contribution in [1.82, 2.24) is 10.2 Å². The molecule has 1 aromatic heterocycles. The smallest absolute Gasteiger partial charge is 0.196 e. The first-order chi connectivity index (χ1) is 8.16. The molecule has 0 spiro atoms. The van der Waals surface area contributed by atoms with Gasteiger partial charge in [-0.1, -0.05) is 38.1 Å². The van der Waals surface area contributed by atoms with Crippen LogP contribution in [-0.2, 0) is 6.42 Å². The average molecular weight is 228 g/mol. The highest BCUT2D eigenvalue weighted by Gasteiger charge is 2.09. The minimum atomic E-state index is 0.00912. The van der Waals surface area contributed by atoms with E-state index in [-0.39, 0.29) is 5.78 Å². The summed E-state index contributed by atoms with van der Waals surface area (Å²) in [5, 5.41) is 6.43. The molecule has 0 radical (unpaired) electrons. The molecule has 0 atom stereocenters. The monoisotopic (exact) mass is 228 g/mol. The number of carbonyl (C=O) groups excluding carboxylic acids is 1. The highest BCUT2D eigenvalue weighted by Crippen LogP contribution is 2.12. The number of aromatic nitrogens is 2. The largest absolute Gasteiger partial charge is 0.288 e. The summed E-state index contributed by atoms with van der Waals surface area (Å²) >= 11 is 0. The van der Waals surface area contributed by atoms with Gasteiger partial charge in [0.15, 0.2) is 5.78 Å². The van der Waals surface area contributed by atoms with Gasteiger partial charge in [-0.3, -0.25) is 9.89 Å². The van der Waals surface area contributed by atoms with Gasteiger partial charge in [0.2, 0.25) is 0 Å². The summed E-state index contributed by atoms with van der Waals surface area (Å²) in [6, 6.07) is 7.81. The van der Waals surface area contributed by atoms with Crippen LogP contribution in [0.4, 0.5) is 0 Å². The van der Waals surface area contributed by atoms with Crippen LogP contribution >= 0.6 is 0 Å². The maximum absolute atomic E-state index is 12.0. The molecule has 2 aromatic rings. The average Bonchev–Trinajstić information content (AvgIpc) is 2.82. The minimum absolute atomic E-state index is 0.00912. The molecule has 2 rings (SSSR count). The van der Waals surface area contributed by atoms with E-state index < -0.39 is 0 Å². The first-order valence-corrected chi connectivity index (χ1v) is 5.79. The van der Waals surface area contributed by atoms with Crippen molar-refractivity contribution in [3.63, 3.8) is 0 Å². The molecule has 0 aliphatic rings. The van der Waals surface area contributed by atoms with E-state index in [0.717, 1.165) is 6.42 Å². The number of hydrogen-bond donors (Lipinski definition) is 1. The second-order valence-electron chi connectivity index (χ2n) is 4.61. The number of hydrogen-bond acceptors (Lipinski definition) is 2. The number of carbonyl (C=O) groups is 1. The lowest BCUT2D eigenvalue weighted by Crippen LogP contribution is -2.00. The lowest BCUT2D eigenvalue weighted by Gasteiger charge is -2.05. The van der Waals surface area contributed by atoms with E-state index in [0.29, 0.717) is 17.0 Å². The molecule has 1 heterocycles. The molecule has 1 N–H and O–H groups in total. The zero-order valence-corrected chi connectivity index (χ0v) is 10.1. The van der Waals surface area contributed by atoms with Crippen molar-refractivity contribution in [1.29, 1.82) is 0 Å². The van der Waals surface area contributed by atoms with Crippen molar-refractivity contribution in [2.75, 3.05) is 0 Å². The van der Waals surface area contributed by atoms with Gasteiger partial charge in [0.05, 0.1) is 11.8 Å². The third-order valence-corrected chi connectivity index (χ3v) is 2.62. The zero-order chi connectivity index (χ0) is 12.3. The molecular weight excluding hydrogens is 212 g/mol. The zero-order valence-electron chi connectivity index (χ0n) is 10.1. The summed E-state index contributed by atoms with van der Waals surface area (Å²) in [6.45, 7) is 4.37. The maximum atomic E-state index is 12.0. The summed E-state index contributed by atoms with van der Waals surface area (Å²) in [5.41, 5.74) is 2.57. The molecule has 1 aromatic carbocycles. The number of ketones is 1. The predicted octanol–water partition coefficient (Wildman–Crippen LogP) is 2.84. The fourth-order valence-electron chi connectivity index (χ4n) is 1.81. The molecule has 0 bridgehead atoms. The fourth-order valence-corrected chi connectivity index (χ4v) is 1.81. The van der Waals surface area contributed by atoms with Crippen LogP contribution in [0.15, 0.2) is 36.7 Å².